The number of benzene rings is 1. The highest BCUT2D eigenvalue weighted by Gasteiger charge is 2.22. The summed E-state index contributed by atoms with van der Waals surface area (Å²) in [4.78, 5) is 18.6. The van der Waals surface area contributed by atoms with Gasteiger partial charge in [-0.3, -0.25) is 9.20 Å². The molecule has 0 bridgehead atoms. The molecule has 0 unspecified atom stereocenters. The number of hydrogen-bond donors (Lipinski definition) is 0. The first-order chi connectivity index (χ1) is 12.7. The van der Waals surface area contributed by atoms with E-state index in [1.807, 2.05) is 31.6 Å². The normalized spacial score (nSPS) is 15.5. The molecule has 4 heteroatoms. The van der Waals surface area contributed by atoms with Crippen molar-refractivity contribution in [1.29, 1.82) is 0 Å². The first-order valence-electron chi connectivity index (χ1n) is 9.46. The lowest BCUT2D eigenvalue weighted by atomic mass is 9.88. The third-order valence-corrected chi connectivity index (χ3v) is 5.49. The van der Waals surface area contributed by atoms with Crippen LogP contribution in [0.25, 0.3) is 5.52 Å². The summed E-state index contributed by atoms with van der Waals surface area (Å²) in [7, 11) is 0. The van der Waals surface area contributed by atoms with Crippen molar-refractivity contribution in [3.8, 4) is 0 Å². The summed E-state index contributed by atoms with van der Waals surface area (Å²) in [5, 5.41) is 0. The number of pyridine rings is 1. The van der Waals surface area contributed by atoms with Gasteiger partial charge in [0.05, 0.1) is 11.7 Å². The van der Waals surface area contributed by atoms with Crippen LogP contribution in [0.3, 0.4) is 0 Å². The molecule has 0 saturated carbocycles. The van der Waals surface area contributed by atoms with Gasteiger partial charge in [0.1, 0.15) is 12.1 Å². The van der Waals surface area contributed by atoms with Crippen LogP contribution in [-0.4, -0.2) is 28.3 Å². The van der Waals surface area contributed by atoms with Crippen molar-refractivity contribution in [3.05, 3.63) is 65.6 Å². The minimum Gasteiger partial charge on any atom is -0.358 e. The van der Waals surface area contributed by atoms with Crippen molar-refractivity contribution < 1.29 is 4.79 Å². The second kappa shape index (κ2) is 6.94. The van der Waals surface area contributed by atoms with Crippen molar-refractivity contribution in [2.24, 2.45) is 0 Å². The molecule has 26 heavy (non-hydrogen) atoms. The number of aromatic nitrogens is 2. The van der Waals surface area contributed by atoms with Crippen LogP contribution < -0.4 is 4.90 Å². The Morgan fingerprint density at radius 1 is 1.15 bits per heavy atom. The van der Waals surface area contributed by atoms with Crippen molar-refractivity contribution >= 4 is 17.1 Å². The number of carbonyl (C=O) groups is 1. The second-order valence-corrected chi connectivity index (χ2v) is 7.24. The topological polar surface area (TPSA) is 37.6 Å². The fraction of sp³-hybridized carbons (Fsp3) is 0.364. The van der Waals surface area contributed by atoms with Gasteiger partial charge in [-0.15, -0.1) is 0 Å². The number of hydrogen-bond acceptors (Lipinski definition) is 3. The van der Waals surface area contributed by atoms with Crippen LogP contribution >= 0.6 is 0 Å². The van der Waals surface area contributed by atoms with E-state index in [1.165, 1.54) is 16.9 Å². The smallest absolute Gasteiger partial charge is 0.162 e. The Hall–Kier alpha value is -2.62. The molecule has 1 aliphatic heterocycles. The van der Waals surface area contributed by atoms with Crippen molar-refractivity contribution in [2.75, 3.05) is 18.0 Å². The molecule has 1 fully saturated rings. The average Bonchev–Trinajstić information content (AvgIpc) is 3.15. The molecule has 1 saturated heterocycles. The highest BCUT2D eigenvalue weighted by molar-refractivity contribution is 5.95. The molecule has 0 aliphatic carbocycles. The van der Waals surface area contributed by atoms with Gasteiger partial charge in [0.15, 0.2) is 5.78 Å². The second-order valence-electron chi connectivity index (χ2n) is 7.24. The standard InChI is InChI=1S/C22H25N3O/c1-3-21(26)19-6-4-17(5-7-19)18-8-10-24(11-9-18)22-13-16(2)12-20-14-23-15-25(20)22/h4-7,12-15,18H,3,8-11H2,1-2H3. The third kappa shape index (κ3) is 3.12. The Labute approximate surface area is 154 Å². The molecule has 3 heterocycles. The quantitative estimate of drug-likeness (QED) is 0.646. The Balaban J connectivity index is 1.48. The Bertz CT molecular complexity index is 918. The number of aryl methyl sites for hydroxylation is 1. The van der Waals surface area contributed by atoms with E-state index in [4.69, 9.17) is 0 Å². The number of carbonyl (C=O) groups excluding carboxylic acids is 1. The molecule has 1 aliphatic rings. The van der Waals surface area contributed by atoms with Gasteiger partial charge in [-0.25, -0.2) is 4.98 Å². The summed E-state index contributed by atoms with van der Waals surface area (Å²) in [5.41, 5.74) is 4.61. The number of anilines is 1. The summed E-state index contributed by atoms with van der Waals surface area (Å²) < 4.78 is 2.18. The van der Waals surface area contributed by atoms with Crippen LogP contribution in [-0.2, 0) is 0 Å². The van der Waals surface area contributed by atoms with Crippen LogP contribution in [0, 0.1) is 6.92 Å². The zero-order valence-corrected chi connectivity index (χ0v) is 15.5. The Morgan fingerprint density at radius 2 is 1.88 bits per heavy atom. The molecule has 2 aromatic heterocycles. The van der Waals surface area contributed by atoms with Crippen LogP contribution in [0.1, 0.15) is 53.6 Å². The molecule has 0 atom stereocenters. The van der Waals surface area contributed by atoms with E-state index in [1.54, 1.807) is 0 Å². The number of nitrogens with zero attached hydrogens (tertiary/aromatic N) is 3. The zero-order valence-electron chi connectivity index (χ0n) is 15.5. The Kier molecular flexibility index (Phi) is 4.49. The highest BCUT2D eigenvalue weighted by Crippen LogP contribution is 2.31. The van der Waals surface area contributed by atoms with Crippen LogP contribution in [0.15, 0.2) is 48.9 Å². The number of imidazole rings is 1. The molecular formula is C22H25N3O. The number of fused-ring (bicyclic) bond motifs is 1. The SMILES string of the molecule is CCC(=O)c1ccc(C2CCN(c3cc(C)cc4cncn34)CC2)cc1. The molecule has 0 radical (unpaired) electrons. The maximum Gasteiger partial charge on any atom is 0.162 e. The number of piperidine rings is 1. The molecule has 4 rings (SSSR count). The highest BCUT2D eigenvalue weighted by atomic mass is 16.1. The zero-order chi connectivity index (χ0) is 18.1. The third-order valence-electron chi connectivity index (χ3n) is 5.49. The predicted octanol–water partition coefficient (Wildman–Crippen LogP) is 4.62. The fourth-order valence-electron chi connectivity index (χ4n) is 3.98. The maximum absolute atomic E-state index is 11.8. The Morgan fingerprint density at radius 3 is 2.58 bits per heavy atom. The monoisotopic (exact) mass is 347 g/mol. The van der Waals surface area contributed by atoms with Crippen LogP contribution in [0.2, 0.25) is 0 Å². The summed E-state index contributed by atoms with van der Waals surface area (Å²) in [6.07, 6.45) is 6.65. The van der Waals surface area contributed by atoms with Gasteiger partial charge in [0, 0.05) is 25.1 Å². The number of Topliss-reactive ketones (excluding diaryl/α,β-unsaturated/α-hetero) is 1. The van der Waals surface area contributed by atoms with Crippen LogP contribution in [0.4, 0.5) is 5.82 Å². The molecule has 0 N–H and O–H groups in total. The average molecular weight is 347 g/mol. The van der Waals surface area contributed by atoms with Crippen molar-refractivity contribution in [1.82, 2.24) is 9.38 Å². The minimum atomic E-state index is 0.218. The van der Waals surface area contributed by atoms with E-state index >= 15 is 0 Å². The predicted molar refractivity (Wildman–Crippen MR) is 105 cm³/mol. The number of ketones is 1. The van der Waals surface area contributed by atoms with Gasteiger partial charge in [-0.2, -0.15) is 0 Å². The lowest BCUT2D eigenvalue weighted by molar-refractivity contribution is 0.0988. The van der Waals surface area contributed by atoms with Gasteiger partial charge >= 0.3 is 0 Å². The largest absolute Gasteiger partial charge is 0.358 e. The molecule has 0 spiro atoms. The first-order valence-corrected chi connectivity index (χ1v) is 9.46. The maximum atomic E-state index is 11.8. The molecule has 1 aromatic carbocycles. The van der Waals surface area contributed by atoms with E-state index in [0.29, 0.717) is 12.3 Å². The summed E-state index contributed by atoms with van der Waals surface area (Å²) in [5.74, 6) is 2.02. The first kappa shape index (κ1) is 16.8. The fourth-order valence-corrected chi connectivity index (χ4v) is 3.98. The van der Waals surface area contributed by atoms with Gasteiger partial charge in [0.25, 0.3) is 0 Å². The summed E-state index contributed by atoms with van der Waals surface area (Å²) >= 11 is 0. The van der Waals surface area contributed by atoms with Crippen molar-refractivity contribution in [3.63, 3.8) is 0 Å². The lowest BCUT2D eigenvalue weighted by Crippen LogP contribution is -2.34. The van der Waals surface area contributed by atoms with Gasteiger partial charge in [-0.1, -0.05) is 31.2 Å². The van der Waals surface area contributed by atoms with Crippen molar-refractivity contribution in [2.45, 2.75) is 39.0 Å². The molecule has 4 nitrogen and oxygen atoms in total. The van der Waals surface area contributed by atoms with E-state index < -0.39 is 0 Å². The van der Waals surface area contributed by atoms with Gasteiger partial charge in [0.2, 0.25) is 0 Å². The minimum absolute atomic E-state index is 0.218. The van der Waals surface area contributed by atoms with E-state index in [-0.39, 0.29) is 5.78 Å². The molecule has 0 amide bonds. The molecule has 134 valence electrons. The van der Waals surface area contributed by atoms with Gasteiger partial charge in [-0.05, 0) is 48.9 Å². The van der Waals surface area contributed by atoms with E-state index in [2.05, 4.69) is 45.5 Å². The van der Waals surface area contributed by atoms with Crippen LogP contribution in [0.5, 0.6) is 0 Å². The van der Waals surface area contributed by atoms with Gasteiger partial charge < -0.3 is 4.90 Å². The summed E-state index contributed by atoms with van der Waals surface area (Å²) in [6.45, 7) is 6.13. The number of rotatable bonds is 4. The summed E-state index contributed by atoms with van der Waals surface area (Å²) in [6, 6.07) is 12.7. The molecular weight excluding hydrogens is 322 g/mol. The lowest BCUT2D eigenvalue weighted by Gasteiger charge is -2.34. The van der Waals surface area contributed by atoms with E-state index in [0.717, 1.165) is 37.0 Å². The van der Waals surface area contributed by atoms with E-state index in [9.17, 15) is 4.79 Å². The molecule has 3 aromatic rings.